The zero-order chi connectivity index (χ0) is 23.5. The van der Waals surface area contributed by atoms with Gasteiger partial charge in [0, 0.05) is 37.3 Å². The molecule has 0 aliphatic carbocycles. The van der Waals surface area contributed by atoms with Crippen LogP contribution in [-0.2, 0) is 4.79 Å². The number of anilines is 3. The largest absolute Gasteiger partial charge is 0.457 e. The van der Waals surface area contributed by atoms with Crippen molar-refractivity contribution in [1.29, 1.82) is 0 Å². The van der Waals surface area contributed by atoms with Crippen molar-refractivity contribution < 1.29 is 13.9 Å². The Bertz CT molecular complexity index is 1230. The Balaban J connectivity index is 1.20. The first-order valence-electron chi connectivity index (χ1n) is 11.2. The SMILES string of the molecule is C#CC1CNc2ncnc(N3CCC(C(=O)Nc4cccc(Oc5ccc(F)cc5)c4)CC3)c21. The van der Waals surface area contributed by atoms with Crippen LogP contribution >= 0.6 is 0 Å². The molecule has 2 aromatic carbocycles. The van der Waals surface area contributed by atoms with E-state index in [1.54, 1.807) is 30.6 Å². The molecule has 3 heterocycles. The summed E-state index contributed by atoms with van der Waals surface area (Å²) in [5, 5.41) is 6.25. The lowest BCUT2D eigenvalue weighted by Gasteiger charge is -2.33. The van der Waals surface area contributed by atoms with E-state index in [0.29, 0.717) is 49.7 Å². The minimum atomic E-state index is -0.323. The third-order valence-electron chi connectivity index (χ3n) is 6.20. The third-order valence-corrected chi connectivity index (χ3v) is 6.20. The summed E-state index contributed by atoms with van der Waals surface area (Å²) in [6.07, 6.45) is 8.68. The van der Waals surface area contributed by atoms with Gasteiger partial charge in [-0.2, -0.15) is 0 Å². The van der Waals surface area contributed by atoms with Crippen molar-refractivity contribution in [2.75, 3.05) is 35.2 Å². The van der Waals surface area contributed by atoms with Crippen LogP contribution in [0.15, 0.2) is 54.9 Å². The first-order chi connectivity index (χ1) is 16.6. The number of aromatic nitrogens is 2. The second-order valence-electron chi connectivity index (χ2n) is 8.39. The minimum absolute atomic E-state index is 0.0188. The number of piperidine rings is 1. The van der Waals surface area contributed by atoms with Crippen LogP contribution in [0.5, 0.6) is 11.5 Å². The average Bonchev–Trinajstić information content (AvgIpc) is 3.29. The molecule has 172 valence electrons. The Hall–Kier alpha value is -4.12. The summed E-state index contributed by atoms with van der Waals surface area (Å²) in [5.74, 6) is 5.08. The molecule has 0 spiro atoms. The molecule has 3 aromatic rings. The van der Waals surface area contributed by atoms with E-state index in [1.165, 1.54) is 12.1 Å². The molecule has 8 heteroatoms. The van der Waals surface area contributed by atoms with Crippen LogP contribution < -0.4 is 20.3 Å². The Kier molecular flexibility index (Phi) is 6.00. The van der Waals surface area contributed by atoms with Gasteiger partial charge in [-0.3, -0.25) is 4.79 Å². The smallest absolute Gasteiger partial charge is 0.227 e. The van der Waals surface area contributed by atoms with Gasteiger partial charge >= 0.3 is 0 Å². The molecule has 1 saturated heterocycles. The molecule has 2 N–H and O–H groups in total. The van der Waals surface area contributed by atoms with Crippen LogP contribution in [0.25, 0.3) is 0 Å². The number of hydrogen-bond donors (Lipinski definition) is 2. The van der Waals surface area contributed by atoms with Crippen LogP contribution in [0.1, 0.15) is 24.3 Å². The first kappa shape index (κ1) is 21.7. The number of rotatable bonds is 5. The Morgan fingerprint density at radius 1 is 1.15 bits per heavy atom. The van der Waals surface area contributed by atoms with Gasteiger partial charge in [0.25, 0.3) is 0 Å². The number of amides is 1. The summed E-state index contributed by atoms with van der Waals surface area (Å²) in [6.45, 7) is 2.10. The second-order valence-corrected chi connectivity index (χ2v) is 8.39. The Labute approximate surface area is 197 Å². The second kappa shape index (κ2) is 9.40. The summed E-state index contributed by atoms with van der Waals surface area (Å²) < 4.78 is 18.9. The highest BCUT2D eigenvalue weighted by Crippen LogP contribution is 2.37. The molecule has 0 radical (unpaired) electrons. The molecule has 7 nitrogen and oxygen atoms in total. The van der Waals surface area contributed by atoms with Gasteiger partial charge < -0.3 is 20.3 Å². The lowest BCUT2D eigenvalue weighted by atomic mass is 9.95. The zero-order valence-electron chi connectivity index (χ0n) is 18.5. The average molecular weight is 458 g/mol. The van der Waals surface area contributed by atoms with E-state index in [4.69, 9.17) is 11.2 Å². The molecule has 1 fully saturated rings. The van der Waals surface area contributed by atoms with E-state index in [-0.39, 0.29) is 23.6 Å². The summed E-state index contributed by atoms with van der Waals surface area (Å²) in [4.78, 5) is 23.9. The van der Waals surface area contributed by atoms with E-state index in [2.05, 4.69) is 31.4 Å². The molecule has 5 rings (SSSR count). The third kappa shape index (κ3) is 4.50. The number of carbonyl (C=O) groups excluding carboxylic acids is 1. The number of ether oxygens (including phenoxy) is 1. The molecule has 34 heavy (non-hydrogen) atoms. The fourth-order valence-electron chi connectivity index (χ4n) is 4.42. The molecule has 1 unspecified atom stereocenters. The number of carbonyl (C=O) groups is 1. The standard InChI is InChI=1S/C26H24FN5O2/c1-2-17-15-28-24-23(17)25(30-16-29-24)32-12-10-18(11-13-32)26(33)31-20-4-3-5-22(14-20)34-21-8-6-19(27)7-9-21/h1,3-9,14,16-18H,10-13,15H2,(H,31,33)(H,28,29,30). The van der Waals surface area contributed by atoms with E-state index in [9.17, 15) is 9.18 Å². The topological polar surface area (TPSA) is 79.4 Å². The summed E-state index contributed by atoms with van der Waals surface area (Å²) >= 11 is 0. The van der Waals surface area contributed by atoms with E-state index in [1.807, 2.05) is 12.1 Å². The highest BCUT2D eigenvalue weighted by Gasteiger charge is 2.31. The van der Waals surface area contributed by atoms with Crippen LogP contribution in [0.4, 0.5) is 21.7 Å². The van der Waals surface area contributed by atoms with Gasteiger partial charge in [-0.05, 0) is 49.2 Å². The lowest BCUT2D eigenvalue weighted by Crippen LogP contribution is -2.39. The van der Waals surface area contributed by atoms with Gasteiger partial charge in [0.1, 0.15) is 35.3 Å². The summed E-state index contributed by atoms with van der Waals surface area (Å²) in [6, 6.07) is 13.0. The predicted molar refractivity (Wildman–Crippen MR) is 129 cm³/mol. The van der Waals surface area contributed by atoms with E-state index >= 15 is 0 Å². The lowest BCUT2D eigenvalue weighted by molar-refractivity contribution is -0.120. The number of benzene rings is 2. The molecular weight excluding hydrogens is 433 g/mol. The monoisotopic (exact) mass is 457 g/mol. The molecule has 1 amide bonds. The van der Waals surface area contributed by atoms with E-state index < -0.39 is 0 Å². The summed E-state index contributed by atoms with van der Waals surface area (Å²) in [5.41, 5.74) is 1.63. The van der Waals surface area contributed by atoms with Crippen molar-refractivity contribution >= 4 is 23.2 Å². The van der Waals surface area contributed by atoms with Crippen LogP contribution in [0.3, 0.4) is 0 Å². The molecule has 2 aliphatic heterocycles. The normalized spacial score (nSPS) is 17.4. The maximum Gasteiger partial charge on any atom is 0.227 e. The molecule has 2 aliphatic rings. The maximum absolute atomic E-state index is 13.1. The first-order valence-corrected chi connectivity index (χ1v) is 11.2. The number of terminal acetylenes is 1. The number of nitrogens with one attached hydrogen (secondary N) is 2. The number of fused-ring (bicyclic) bond motifs is 1. The Morgan fingerprint density at radius 2 is 1.94 bits per heavy atom. The maximum atomic E-state index is 13.1. The molecule has 1 atom stereocenters. The highest BCUT2D eigenvalue weighted by atomic mass is 19.1. The number of hydrogen-bond acceptors (Lipinski definition) is 6. The van der Waals surface area contributed by atoms with Crippen LogP contribution in [0, 0.1) is 24.1 Å². The zero-order valence-corrected chi connectivity index (χ0v) is 18.5. The van der Waals surface area contributed by atoms with E-state index in [0.717, 1.165) is 17.2 Å². The summed E-state index contributed by atoms with van der Waals surface area (Å²) in [7, 11) is 0. The van der Waals surface area contributed by atoms with Crippen molar-refractivity contribution in [3.63, 3.8) is 0 Å². The molecule has 0 bridgehead atoms. The van der Waals surface area contributed by atoms with Crippen LogP contribution in [-0.4, -0.2) is 35.5 Å². The molecular formula is C26H24FN5O2. The van der Waals surface area contributed by atoms with Crippen molar-refractivity contribution in [1.82, 2.24) is 9.97 Å². The Morgan fingerprint density at radius 3 is 2.71 bits per heavy atom. The van der Waals surface area contributed by atoms with Gasteiger partial charge in [0.15, 0.2) is 0 Å². The van der Waals surface area contributed by atoms with Gasteiger partial charge in [0.2, 0.25) is 5.91 Å². The van der Waals surface area contributed by atoms with Gasteiger partial charge in [-0.15, -0.1) is 6.42 Å². The predicted octanol–water partition coefficient (Wildman–Crippen LogP) is 4.41. The number of nitrogens with zero attached hydrogens (tertiary/aromatic N) is 3. The minimum Gasteiger partial charge on any atom is -0.457 e. The van der Waals surface area contributed by atoms with Crippen molar-refractivity contribution in [3.05, 3.63) is 66.2 Å². The molecule has 1 aromatic heterocycles. The number of halogens is 1. The van der Waals surface area contributed by atoms with Crippen molar-refractivity contribution in [2.45, 2.75) is 18.8 Å². The van der Waals surface area contributed by atoms with Crippen molar-refractivity contribution in [3.8, 4) is 23.8 Å². The fourth-order valence-corrected chi connectivity index (χ4v) is 4.42. The van der Waals surface area contributed by atoms with Gasteiger partial charge in [0.05, 0.1) is 11.5 Å². The van der Waals surface area contributed by atoms with Gasteiger partial charge in [-0.1, -0.05) is 12.0 Å². The quantitative estimate of drug-likeness (QED) is 0.553. The highest BCUT2D eigenvalue weighted by molar-refractivity contribution is 5.93. The fraction of sp³-hybridized carbons (Fsp3) is 0.269. The molecule has 0 saturated carbocycles. The van der Waals surface area contributed by atoms with Crippen LogP contribution in [0.2, 0.25) is 0 Å². The van der Waals surface area contributed by atoms with Crippen molar-refractivity contribution in [2.24, 2.45) is 5.92 Å². The van der Waals surface area contributed by atoms with Gasteiger partial charge in [-0.25, -0.2) is 14.4 Å².